The Balaban J connectivity index is 1.61. The molecule has 0 aliphatic carbocycles. The number of hydrogen-bond acceptors (Lipinski definition) is 4. The van der Waals surface area contributed by atoms with E-state index in [1.54, 1.807) is 26.0 Å². The number of ether oxygens (including phenoxy) is 2. The van der Waals surface area contributed by atoms with Gasteiger partial charge in [-0.05, 0) is 28.8 Å². The monoisotopic (exact) mass is 407 g/mol. The molecule has 5 heteroatoms. The van der Waals surface area contributed by atoms with Gasteiger partial charge in [0.1, 0.15) is 0 Å². The minimum Gasteiger partial charge on any atom is -0.493 e. The van der Waals surface area contributed by atoms with Crippen molar-refractivity contribution in [2.45, 2.75) is 11.8 Å². The number of benzene rings is 3. The van der Waals surface area contributed by atoms with E-state index in [-0.39, 0.29) is 11.2 Å². The molecule has 150 valence electrons. The fourth-order valence-electron chi connectivity index (χ4n) is 3.04. The lowest BCUT2D eigenvalue weighted by atomic mass is 10.0. The summed E-state index contributed by atoms with van der Waals surface area (Å²) in [5.41, 5.74) is 3.34. The van der Waals surface area contributed by atoms with E-state index in [0.717, 1.165) is 5.56 Å². The third-order valence-electron chi connectivity index (χ3n) is 4.52. The highest BCUT2D eigenvalue weighted by Gasteiger charge is 2.16. The van der Waals surface area contributed by atoms with E-state index in [9.17, 15) is 4.79 Å². The fourth-order valence-corrected chi connectivity index (χ4v) is 4.16. The Kier molecular flexibility index (Phi) is 7.59. The van der Waals surface area contributed by atoms with Crippen molar-refractivity contribution in [2.24, 2.45) is 0 Å². The molecule has 0 bridgehead atoms. The average Bonchev–Trinajstić information content (AvgIpc) is 2.79. The van der Waals surface area contributed by atoms with Gasteiger partial charge >= 0.3 is 0 Å². The SMILES string of the molecule is COc1ccc(CNC(=O)CSC(c2ccccc2)c2ccccc2)cc1OC. The van der Waals surface area contributed by atoms with E-state index in [1.165, 1.54) is 11.1 Å². The molecule has 0 saturated carbocycles. The van der Waals surface area contributed by atoms with Gasteiger partial charge in [-0.15, -0.1) is 11.8 Å². The number of carbonyl (C=O) groups excluding carboxylic acids is 1. The first-order valence-electron chi connectivity index (χ1n) is 9.40. The summed E-state index contributed by atoms with van der Waals surface area (Å²) < 4.78 is 10.6. The van der Waals surface area contributed by atoms with Crippen molar-refractivity contribution in [3.63, 3.8) is 0 Å². The first-order valence-corrected chi connectivity index (χ1v) is 10.4. The molecule has 0 aliphatic rings. The Morgan fingerprint density at radius 3 is 2.00 bits per heavy atom. The molecule has 3 aromatic carbocycles. The van der Waals surface area contributed by atoms with E-state index in [1.807, 2.05) is 54.6 Å². The Bertz CT molecular complexity index is 876. The number of thioether (sulfide) groups is 1. The Morgan fingerprint density at radius 1 is 0.862 bits per heavy atom. The lowest BCUT2D eigenvalue weighted by Crippen LogP contribution is -2.25. The molecule has 0 aromatic heterocycles. The lowest BCUT2D eigenvalue weighted by Gasteiger charge is -2.17. The second-order valence-corrected chi connectivity index (χ2v) is 7.57. The van der Waals surface area contributed by atoms with E-state index in [4.69, 9.17) is 9.47 Å². The summed E-state index contributed by atoms with van der Waals surface area (Å²) in [5.74, 6) is 1.71. The van der Waals surface area contributed by atoms with Gasteiger partial charge in [0.25, 0.3) is 0 Å². The molecule has 1 N–H and O–H groups in total. The van der Waals surface area contributed by atoms with Crippen LogP contribution in [-0.2, 0) is 11.3 Å². The quantitative estimate of drug-likeness (QED) is 0.551. The van der Waals surface area contributed by atoms with Crippen LogP contribution in [0.5, 0.6) is 11.5 Å². The second-order valence-electron chi connectivity index (χ2n) is 6.48. The summed E-state index contributed by atoms with van der Waals surface area (Å²) in [6.45, 7) is 0.446. The van der Waals surface area contributed by atoms with Crippen LogP contribution < -0.4 is 14.8 Å². The van der Waals surface area contributed by atoms with Gasteiger partial charge in [0, 0.05) is 6.54 Å². The molecule has 0 unspecified atom stereocenters. The molecule has 4 nitrogen and oxygen atoms in total. The van der Waals surface area contributed by atoms with Gasteiger partial charge in [0.15, 0.2) is 11.5 Å². The largest absolute Gasteiger partial charge is 0.493 e. The first kappa shape index (κ1) is 20.8. The standard InChI is InChI=1S/C24H25NO3S/c1-27-21-14-13-18(15-22(21)28-2)16-25-23(26)17-29-24(19-9-5-3-6-10-19)20-11-7-4-8-12-20/h3-15,24H,16-17H2,1-2H3,(H,25,26). The Labute approximate surface area is 176 Å². The highest BCUT2D eigenvalue weighted by molar-refractivity contribution is 8.00. The second kappa shape index (κ2) is 10.6. The van der Waals surface area contributed by atoms with Gasteiger partial charge in [-0.1, -0.05) is 66.7 Å². The van der Waals surface area contributed by atoms with Crippen molar-refractivity contribution in [1.29, 1.82) is 0 Å². The smallest absolute Gasteiger partial charge is 0.230 e. The molecule has 0 saturated heterocycles. The summed E-state index contributed by atoms with van der Waals surface area (Å²) in [6.07, 6.45) is 0. The predicted molar refractivity (Wildman–Crippen MR) is 119 cm³/mol. The lowest BCUT2D eigenvalue weighted by molar-refractivity contribution is -0.118. The van der Waals surface area contributed by atoms with Crippen molar-refractivity contribution < 1.29 is 14.3 Å². The van der Waals surface area contributed by atoms with Crippen LogP contribution in [0.1, 0.15) is 21.9 Å². The number of nitrogens with one attached hydrogen (secondary N) is 1. The van der Waals surface area contributed by atoms with Crippen LogP contribution in [0.3, 0.4) is 0 Å². The molecule has 29 heavy (non-hydrogen) atoms. The van der Waals surface area contributed by atoms with E-state index < -0.39 is 0 Å². The molecular weight excluding hydrogens is 382 g/mol. The minimum absolute atomic E-state index is 0.00153. The molecule has 3 rings (SSSR count). The summed E-state index contributed by atoms with van der Waals surface area (Å²) in [5, 5.41) is 3.10. The molecule has 0 heterocycles. The number of methoxy groups -OCH3 is 2. The zero-order chi connectivity index (χ0) is 20.5. The number of rotatable bonds is 9. The summed E-state index contributed by atoms with van der Waals surface area (Å²) in [4.78, 5) is 12.5. The van der Waals surface area contributed by atoms with E-state index in [0.29, 0.717) is 23.8 Å². The van der Waals surface area contributed by atoms with Crippen LogP contribution in [0, 0.1) is 0 Å². The maximum absolute atomic E-state index is 12.5. The first-order chi connectivity index (χ1) is 14.2. The molecule has 0 spiro atoms. The number of amides is 1. The van der Waals surface area contributed by atoms with Crippen LogP contribution in [0.25, 0.3) is 0 Å². The highest BCUT2D eigenvalue weighted by Crippen LogP contribution is 2.35. The van der Waals surface area contributed by atoms with Gasteiger partial charge < -0.3 is 14.8 Å². The third kappa shape index (κ3) is 5.78. The highest BCUT2D eigenvalue weighted by atomic mass is 32.2. The molecule has 1 amide bonds. The van der Waals surface area contributed by atoms with Gasteiger partial charge in [0.05, 0.1) is 25.2 Å². The van der Waals surface area contributed by atoms with Gasteiger partial charge in [-0.2, -0.15) is 0 Å². The Hall–Kier alpha value is -2.92. The van der Waals surface area contributed by atoms with Crippen molar-refractivity contribution in [3.8, 4) is 11.5 Å². The summed E-state index contributed by atoms with van der Waals surface area (Å²) in [7, 11) is 3.20. The van der Waals surface area contributed by atoms with Crippen LogP contribution in [0.2, 0.25) is 0 Å². The van der Waals surface area contributed by atoms with Crippen LogP contribution in [0.15, 0.2) is 78.9 Å². The number of carbonyl (C=O) groups is 1. The van der Waals surface area contributed by atoms with Crippen LogP contribution in [0.4, 0.5) is 0 Å². The average molecular weight is 408 g/mol. The molecular formula is C24H25NO3S. The van der Waals surface area contributed by atoms with Crippen molar-refractivity contribution in [1.82, 2.24) is 5.32 Å². The number of hydrogen-bond donors (Lipinski definition) is 1. The van der Waals surface area contributed by atoms with Gasteiger partial charge in [-0.3, -0.25) is 4.79 Å². The summed E-state index contributed by atoms with van der Waals surface area (Å²) >= 11 is 1.63. The van der Waals surface area contributed by atoms with Crippen molar-refractivity contribution >= 4 is 17.7 Å². The van der Waals surface area contributed by atoms with Crippen molar-refractivity contribution in [2.75, 3.05) is 20.0 Å². The molecule has 0 aliphatic heterocycles. The normalized spacial score (nSPS) is 10.6. The zero-order valence-electron chi connectivity index (χ0n) is 16.6. The van der Waals surface area contributed by atoms with Crippen molar-refractivity contribution in [3.05, 3.63) is 95.6 Å². The molecule has 3 aromatic rings. The van der Waals surface area contributed by atoms with Crippen LogP contribution in [-0.4, -0.2) is 25.9 Å². The fraction of sp³-hybridized carbons (Fsp3) is 0.208. The van der Waals surface area contributed by atoms with Gasteiger partial charge in [-0.25, -0.2) is 0 Å². The molecule has 0 radical (unpaired) electrons. The maximum Gasteiger partial charge on any atom is 0.230 e. The van der Waals surface area contributed by atoms with Crippen LogP contribution >= 0.6 is 11.8 Å². The molecule has 0 fully saturated rings. The van der Waals surface area contributed by atoms with E-state index >= 15 is 0 Å². The summed E-state index contributed by atoms with van der Waals surface area (Å²) in [6, 6.07) is 26.2. The third-order valence-corrected chi connectivity index (χ3v) is 5.83. The maximum atomic E-state index is 12.5. The van der Waals surface area contributed by atoms with Gasteiger partial charge in [0.2, 0.25) is 5.91 Å². The topological polar surface area (TPSA) is 47.6 Å². The predicted octanol–water partition coefficient (Wildman–Crippen LogP) is 4.84. The van der Waals surface area contributed by atoms with E-state index in [2.05, 4.69) is 29.6 Å². The Morgan fingerprint density at radius 2 is 1.45 bits per heavy atom. The zero-order valence-corrected chi connectivity index (χ0v) is 17.4. The minimum atomic E-state index is 0.00153. The molecule has 0 atom stereocenters.